The Labute approximate surface area is 171 Å². The van der Waals surface area contributed by atoms with Crippen LogP contribution in [0.1, 0.15) is 0 Å². The van der Waals surface area contributed by atoms with Gasteiger partial charge in [0.15, 0.2) is 0 Å². The molecule has 0 spiro atoms. The topological polar surface area (TPSA) is 76.7 Å². The number of amides is 2. The third-order valence-electron chi connectivity index (χ3n) is 3.41. The highest BCUT2D eigenvalue weighted by Gasteiger charge is 2.66. The van der Waals surface area contributed by atoms with Gasteiger partial charge in [0, 0.05) is 11.1 Å². The molecule has 0 aliphatic rings. The fraction of sp³-hybridized carbons (Fsp3) is 0.176. The summed E-state index contributed by atoms with van der Waals surface area (Å²) in [6.07, 6.45) is -5.50. The van der Waals surface area contributed by atoms with Gasteiger partial charge in [0.2, 0.25) is 0 Å². The Bertz CT molecular complexity index is 927. The lowest BCUT2D eigenvalue weighted by Crippen LogP contribution is -2.68. The Hall–Kier alpha value is -2.72. The van der Waals surface area contributed by atoms with Crippen LogP contribution in [0.15, 0.2) is 42.5 Å². The van der Waals surface area contributed by atoms with Crippen LogP contribution in [0.5, 0.6) is 5.75 Å². The van der Waals surface area contributed by atoms with E-state index in [1.54, 1.807) is 0 Å². The molecule has 0 bridgehead atoms. The SMILES string of the molecule is COC(=O)[C@@](NC(=O)Nc1cc(Cl)ccc1Cl)(Oc1cccc(F)c1)C(F)(F)F. The number of hydrogen-bond acceptors (Lipinski definition) is 4. The first-order valence-electron chi connectivity index (χ1n) is 7.62. The number of anilines is 1. The largest absolute Gasteiger partial charge is 0.464 e. The van der Waals surface area contributed by atoms with Crippen LogP contribution in [0.3, 0.4) is 0 Å². The third kappa shape index (κ3) is 5.21. The van der Waals surface area contributed by atoms with E-state index in [2.05, 4.69) is 4.74 Å². The molecule has 0 aromatic heterocycles. The molecule has 2 aromatic carbocycles. The molecule has 2 N–H and O–H groups in total. The number of rotatable bonds is 5. The summed E-state index contributed by atoms with van der Waals surface area (Å²) < 4.78 is 63.7. The van der Waals surface area contributed by atoms with Crippen molar-refractivity contribution in [3.63, 3.8) is 0 Å². The minimum atomic E-state index is -5.50. The fourth-order valence-electron chi connectivity index (χ4n) is 2.12. The lowest BCUT2D eigenvalue weighted by atomic mass is 10.2. The molecular weight excluding hydrogens is 443 g/mol. The highest BCUT2D eigenvalue weighted by atomic mass is 35.5. The Morgan fingerprint density at radius 3 is 2.34 bits per heavy atom. The van der Waals surface area contributed by atoms with E-state index in [9.17, 15) is 27.2 Å². The predicted octanol–water partition coefficient (Wildman–Crippen LogP) is 4.76. The number of benzene rings is 2. The van der Waals surface area contributed by atoms with Crippen molar-refractivity contribution < 1.29 is 36.6 Å². The summed E-state index contributed by atoms with van der Waals surface area (Å²) in [6.45, 7) is 0. The minimum Gasteiger partial charge on any atom is -0.464 e. The first-order valence-corrected chi connectivity index (χ1v) is 8.38. The first-order chi connectivity index (χ1) is 13.5. The Balaban J connectivity index is 2.42. The van der Waals surface area contributed by atoms with Crippen LogP contribution in [-0.2, 0) is 9.53 Å². The highest BCUT2D eigenvalue weighted by Crippen LogP contribution is 2.35. The van der Waals surface area contributed by atoms with Crippen molar-refractivity contribution in [1.29, 1.82) is 0 Å². The van der Waals surface area contributed by atoms with Gasteiger partial charge < -0.3 is 14.8 Å². The molecule has 0 aliphatic heterocycles. The molecule has 0 fully saturated rings. The van der Waals surface area contributed by atoms with Gasteiger partial charge in [-0.3, -0.25) is 5.32 Å². The number of methoxy groups -OCH3 is 1. The van der Waals surface area contributed by atoms with Crippen LogP contribution >= 0.6 is 23.2 Å². The molecule has 6 nitrogen and oxygen atoms in total. The molecule has 29 heavy (non-hydrogen) atoms. The number of alkyl halides is 3. The molecule has 2 amide bonds. The van der Waals surface area contributed by atoms with Crippen molar-refractivity contribution in [1.82, 2.24) is 5.32 Å². The number of urea groups is 1. The van der Waals surface area contributed by atoms with Gasteiger partial charge in [-0.1, -0.05) is 29.3 Å². The van der Waals surface area contributed by atoms with Crippen molar-refractivity contribution in [2.75, 3.05) is 12.4 Å². The average Bonchev–Trinajstić information content (AvgIpc) is 2.62. The molecule has 0 radical (unpaired) electrons. The molecule has 156 valence electrons. The van der Waals surface area contributed by atoms with Gasteiger partial charge >= 0.3 is 23.9 Å². The monoisotopic (exact) mass is 454 g/mol. The maximum atomic E-state index is 13.8. The zero-order valence-electron chi connectivity index (χ0n) is 14.4. The van der Waals surface area contributed by atoms with E-state index < -0.39 is 35.5 Å². The standard InChI is InChI=1S/C17H12Cl2F4N2O4/c1-28-14(26)16(17(21,22)23,29-11-4-2-3-10(20)8-11)25-15(27)24-13-7-9(18)5-6-12(13)19/h2-8H,1H3,(H2,24,25,27)/t16-/m1/s1. The van der Waals surface area contributed by atoms with Crippen LogP contribution in [-0.4, -0.2) is 31.0 Å². The van der Waals surface area contributed by atoms with E-state index in [0.717, 1.165) is 18.2 Å². The van der Waals surface area contributed by atoms with Crippen molar-refractivity contribution in [2.24, 2.45) is 0 Å². The second-order valence-electron chi connectivity index (χ2n) is 5.43. The van der Waals surface area contributed by atoms with Gasteiger partial charge in [-0.25, -0.2) is 14.0 Å². The summed E-state index contributed by atoms with van der Waals surface area (Å²) in [6, 6.07) is 5.87. The average molecular weight is 455 g/mol. The van der Waals surface area contributed by atoms with Gasteiger partial charge in [0.25, 0.3) is 0 Å². The van der Waals surface area contributed by atoms with Crippen LogP contribution in [0, 0.1) is 5.82 Å². The van der Waals surface area contributed by atoms with E-state index in [0.29, 0.717) is 13.2 Å². The van der Waals surface area contributed by atoms with Gasteiger partial charge in [0.05, 0.1) is 17.8 Å². The Morgan fingerprint density at radius 1 is 1.07 bits per heavy atom. The summed E-state index contributed by atoms with van der Waals surface area (Å²) in [4.78, 5) is 24.3. The molecule has 2 aromatic rings. The van der Waals surface area contributed by atoms with Gasteiger partial charge in [0.1, 0.15) is 11.6 Å². The van der Waals surface area contributed by atoms with Gasteiger partial charge in [-0.2, -0.15) is 13.2 Å². The lowest BCUT2D eigenvalue weighted by molar-refractivity contribution is -0.258. The molecule has 0 aliphatic carbocycles. The second-order valence-corrected chi connectivity index (χ2v) is 6.28. The van der Waals surface area contributed by atoms with Crippen LogP contribution < -0.4 is 15.4 Å². The second kappa shape index (κ2) is 8.75. The van der Waals surface area contributed by atoms with Crippen LogP contribution in [0.2, 0.25) is 10.0 Å². The maximum absolute atomic E-state index is 13.8. The maximum Gasteiger partial charge on any atom is 0.460 e. The normalized spacial score (nSPS) is 13.2. The smallest absolute Gasteiger partial charge is 0.460 e. The number of ether oxygens (including phenoxy) is 2. The number of carbonyl (C=O) groups is 2. The van der Waals surface area contributed by atoms with Crippen LogP contribution in [0.25, 0.3) is 0 Å². The third-order valence-corrected chi connectivity index (χ3v) is 3.97. The van der Waals surface area contributed by atoms with Crippen molar-refractivity contribution in [2.45, 2.75) is 11.9 Å². The van der Waals surface area contributed by atoms with Gasteiger partial charge in [-0.15, -0.1) is 0 Å². The lowest BCUT2D eigenvalue weighted by Gasteiger charge is -2.33. The zero-order valence-corrected chi connectivity index (χ0v) is 16.0. The predicted molar refractivity (Wildman–Crippen MR) is 96.4 cm³/mol. The quantitative estimate of drug-likeness (QED) is 0.387. The van der Waals surface area contributed by atoms with Crippen molar-refractivity contribution >= 4 is 40.9 Å². The Kier molecular flexibility index (Phi) is 6.81. The number of esters is 1. The van der Waals surface area contributed by atoms with E-state index in [1.165, 1.54) is 23.5 Å². The number of carbonyl (C=O) groups excluding carboxylic acids is 2. The molecular formula is C17H12Cl2F4N2O4. The van der Waals surface area contributed by atoms with Crippen molar-refractivity contribution in [3.05, 3.63) is 58.3 Å². The molecule has 1 atom stereocenters. The summed E-state index contributed by atoms with van der Waals surface area (Å²) in [7, 11) is 0.658. The van der Waals surface area contributed by atoms with Crippen LogP contribution in [0.4, 0.5) is 28.0 Å². The summed E-state index contributed by atoms with van der Waals surface area (Å²) in [5.74, 6) is -3.62. The fourth-order valence-corrected chi connectivity index (χ4v) is 2.46. The molecule has 12 heteroatoms. The summed E-state index contributed by atoms with van der Waals surface area (Å²) in [5.41, 5.74) is -4.12. The van der Waals surface area contributed by atoms with E-state index in [1.807, 2.05) is 5.32 Å². The molecule has 2 rings (SSSR count). The molecule has 0 unspecified atom stereocenters. The molecule has 0 heterocycles. The number of hydrogen-bond donors (Lipinski definition) is 2. The van der Waals surface area contributed by atoms with E-state index in [-0.39, 0.29) is 15.7 Å². The van der Waals surface area contributed by atoms with Crippen molar-refractivity contribution in [3.8, 4) is 5.75 Å². The molecule has 0 saturated heterocycles. The first kappa shape index (κ1) is 22.6. The summed E-state index contributed by atoms with van der Waals surface area (Å²) >= 11 is 11.6. The van der Waals surface area contributed by atoms with Gasteiger partial charge in [-0.05, 0) is 30.3 Å². The van der Waals surface area contributed by atoms with E-state index in [4.69, 9.17) is 27.9 Å². The zero-order chi connectivity index (χ0) is 21.8. The molecule has 0 saturated carbocycles. The minimum absolute atomic E-state index is 0.0359. The summed E-state index contributed by atoms with van der Waals surface area (Å²) in [5, 5.41) is 3.51. The van der Waals surface area contributed by atoms with E-state index >= 15 is 0 Å². The number of halogens is 6. The number of nitrogens with one attached hydrogen (secondary N) is 2. The Morgan fingerprint density at radius 2 is 1.76 bits per heavy atom. The highest BCUT2D eigenvalue weighted by molar-refractivity contribution is 6.35.